The van der Waals surface area contributed by atoms with Crippen molar-refractivity contribution in [3.8, 4) is 0 Å². The first-order chi connectivity index (χ1) is 9.77. The van der Waals surface area contributed by atoms with E-state index in [0.29, 0.717) is 19.3 Å². The smallest absolute Gasteiger partial charge is 0.241 e. The van der Waals surface area contributed by atoms with Crippen LogP contribution >= 0.6 is 0 Å². The third-order valence-corrected chi connectivity index (χ3v) is 3.75. The third-order valence-electron chi connectivity index (χ3n) is 3.75. The Morgan fingerprint density at radius 1 is 1.25 bits per heavy atom. The zero-order valence-corrected chi connectivity index (χ0v) is 11.9. The molecule has 1 saturated carbocycles. The van der Waals surface area contributed by atoms with E-state index in [1.807, 2.05) is 30.3 Å². The Morgan fingerprint density at radius 2 is 1.95 bits per heavy atom. The highest BCUT2D eigenvalue weighted by atomic mass is 16.5. The maximum atomic E-state index is 11.9. The number of nitrogens with two attached hydrogens (primary N) is 1. The highest BCUT2D eigenvalue weighted by Crippen LogP contribution is 2.19. The van der Waals surface area contributed by atoms with E-state index < -0.39 is 6.04 Å². The molecule has 1 atom stereocenters. The van der Waals surface area contributed by atoms with Gasteiger partial charge in [-0.05, 0) is 18.4 Å². The number of amides is 1. The fraction of sp³-hybridized carbons (Fsp3) is 0.562. The molecule has 0 saturated heterocycles. The molecule has 0 radical (unpaired) electrons. The molecule has 1 fully saturated rings. The van der Waals surface area contributed by atoms with Crippen LogP contribution in [0.25, 0.3) is 0 Å². The molecule has 3 N–H and O–H groups in total. The summed E-state index contributed by atoms with van der Waals surface area (Å²) in [6.45, 7) is 1.09. The standard InChI is InChI=1S/C16H24N2O2/c17-15(13-7-3-1-4-8-13)16(19)18-11-12-20-14-9-5-2-6-10-14/h1,3-4,7-8,14-15H,2,5-6,9-12,17H2,(H,18,19)/t15-/m0/s1. The van der Waals surface area contributed by atoms with Crippen molar-refractivity contribution in [2.24, 2.45) is 5.73 Å². The monoisotopic (exact) mass is 276 g/mol. The predicted molar refractivity (Wildman–Crippen MR) is 79.2 cm³/mol. The van der Waals surface area contributed by atoms with Gasteiger partial charge in [-0.2, -0.15) is 0 Å². The van der Waals surface area contributed by atoms with Gasteiger partial charge in [0.25, 0.3) is 0 Å². The number of carbonyl (C=O) groups excluding carboxylic acids is 1. The van der Waals surface area contributed by atoms with Gasteiger partial charge < -0.3 is 15.8 Å². The lowest BCUT2D eigenvalue weighted by molar-refractivity contribution is -0.122. The van der Waals surface area contributed by atoms with Crippen LogP contribution in [0.4, 0.5) is 0 Å². The maximum Gasteiger partial charge on any atom is 0.241 e. The van der Waals surface area contributed by atoms with Gasteiger partial charge >= 0.3 is 0 Å². The van der Waals surface area contributed by atoms with Crippen molar-refractivity contribution in [2.45, 2.75) is 44.2 Å². The fourth-order valence-corrected chi connectivity index (χ4v) is 2.55. The number of hydrogen-bond donors (Lipinski definition) is 2. The van der Waals surface area contributed by atoms with Gasteiger partial charge in [0.05, 0.1) is 12.7 Å². The quantitative estimate of drug-likeness (QED) is 0.783. The first-order valence-corrected chi connectivity index (χ1v) is 7.47. The molecule has 2 rings (SSSR count). The largest absolute Gasteiger partial charge is 0.376 e. The number of carbonyl (C=O) groups is 1. The lowest BCUT2D eigenvalue weighted by atomic mass is 9.98. The summed E-state index contributed by atoms with van der Waals surface area (Å²) in [5.41, 5.74) is 6.74. The molecule has 1 aromatic rings. The number of benzene rings is 1. The molecule has 4 heteroatoms. The number of ether oxygens (including phenoxy) is 1. The SMILES string of the molecule is N[C@H](C(=O)NCCOC1CCCCC1)c1ccccc1. The van der Waals surface area contributed by atoms with E-state index in [0.717, 1.165) is 18.4 Å². The van der Waals surface area contributed by atoms with E-state index in [1.165, 1.54) is 19.3 Å². The van der Waals surface area contributed by atoms with E-state index in [9.17, 15) is 4.79 Å². The summed E-state index contributed by atoms with van der Waals surface area (Å²) in [6, 6.07) is 8.80. The average Bonchev–Trinajstić information content (AvgIpc) is 2.52. The van der Waals surface area contributed by atoms with Crippen LogP contribution in [-0.2, 0) is 9.53 Å². The maximum absolute atomic E-state index is 11.9. The fourth-order valence-electron chi connectivity index (χ4n) is 2.55. The van der Waals surface area contributed by atoms with Crippen LogP contribution < -0.4 is 11.1 Å². The molecule has 1 aromatic carbocycles. The van der Waals surface area contributed by atoms with Crippen LogP contribution in [0.3, 0.4) is 0 Å². The van der Waals surface area contributed by atoms with E-state index >= 15 is 0 Å². The van der Waals surface area contributed by atoms with Crippen molar-refractivity contribution in [2.75, 3.05) is 13.2 Å². The van der Waals surface area contributed by atoms with Gasteiger partial charge in [-0.25, -0.2) is 0 Å². The minimum atomic E-state index is -0.606. The summed E-state index contributed by atoms with van der Waals surface area (Å²) in [7, 11) is 0. The first-order valence-electron chi connectivity index (χ1n) is 7.47. The minimum Gasteiger partial charge on any atom is -0.376 e. The summed E-state index contributed by atoms with van der Waals surface area (Å²) in [5, 5.41) is 2.83. The second kappa shape index (κ2) is 8.02. The van der Waals surface area contributed by atoms with Gasteiger partial charge in [-0.1, -0.05) is 49.6 Å². The summed E-state index contributed by atoms with van der Waals surface area (Å²) in [4.78, 5) is 11.9. The van der Waals surface area contributed by atoms with Crippen molar-refractivity contribution in [1.82, 2.24) is 5.32 Å². The highest BCUT2D eigenvalue weighted by molar-refractivity contribution is 5.82. The second-order valence-electron chi connectivity index (χ2n) is 5.31. The summed E-state index contributed by atoms with van der Waals surface area (Å²) < 4.78 is 5.76. The number of nitrogens with one attached hydrogen (secondary N) is 1. The minimum absolute atomic E-state index is 0.150. The Bertz CT molecular complexity index is 402. The lowest BCUT2D eigenvalue weighted by Gasteiger charge is -2.22. The zero-order chi connectivity index (χ0) is 14.2. The van der Waals surface area contributed by atoms with Gasteiger partial charge in [0.2, 0.25) is 5.91 Å². The topological polar surface area (TPSA) is 64.4 Å². The van der Waals surface area contributed by atoms with Crippen molar-refractivity contribution >= 4 is 5.91 Å². The molecular weight excluding hydrogens is 252 g/mol. The number of rotatable bonds is 6. The Hall–Kier alpha value is -1.39. The zero-order valence-electron chi connectivity index (χ0n) is 11.9. The van der Waals surface area contributed by atoms with E-state index in [4.69, 9.17) is 10.5 Å². The van der Waals surface area contributed by atoms with Crippen LogP contribution in [0.15, 0.2) is 30.3 Å². The van der Waals surface area contributed by atoms with E-state index in [-0.39, 0.29) is 5.91 Å². The Labute approximate surface area is 120 Å². The van der Waals surface area contributed by atoms with Crippen LogP contribution in [0.1, 0.15) is 43.7 Å². The highest BCUT2D eigenvalue weighted by Gasteiger charge is 2.16. The van der Waals surface area contributed by atoms with Gasteiger partial charge in [-0.15, -0.1) is 0 Å². The average molecular weight is 276 g/mol. The molecule has 1 aliphatic rings. The summed E-state index contributed by atoms with van der Waals surface area (Å²) in [5.74, 6) is -0.150. The van der Waals surface area contributed by atoms with E-state index in [1.54, 1.807) is 0 Å². The van der Waals surface area contributed by atoms with Crippen molar-refractivity contribution in [3.63, 3.8) is 0 Å². The molecule has 20 heavy (non-hydrogen) atoms. The van der Waals surface area contributed by atoms with Crippen LogP contribution in [0, 0.1) is 0 Å². The van der Waals surface area contributed by atoms with Crippen molar-refractivity contribution in [3.05, 3.63) is 35.9 Å². The lowest BCUT2D eigenvalue weighted by Crippen LogP contribution is -2.36. The van der Waals surface area contributed by atoms with Crippen LogP contribution in [0.5, 0.6) is 0 Å². The molecule has 0 spiro atoms. The summed E-state index contributed by atoms with van der Waals surface area (Å²) in [6.07, 6.45) is 6.52. The first kappa shape index (κ1) is 15.0. The van der Waals surface area contributed by atoms with Gasteiger partial charge in [0, 0.05) is 6.54 Å². The molecule has 0 aromatic heterocycles. The molecule has 0 unspecified atom stereocenters. The Kier molecular flexibility index (Phi) is 6.02. The molecule has 0 bridgehead atoms. The molecule has 4 nitrogen and oxygen atoms in total. The normalized spacial score (nSPS) is 17.6. The molecule has 1 amide bonds. The molecule has 110 valence electrons. The van der Waals surface area contributed by atoms with Crippen LogP contribution in [-0.4, -0.2) is 25.2 Å². The number of hydrogen-bond acceptors (Lipinski definition) is 3. The van der Waals surface area contributed by atoms with Gasteiger partial charge in [0.15, 0.2) is 0 Å². The Morgan fingerprint density at radius 3 is 2.65 bits per heavy atom. The van der Waals surface area contributed by atoms with Gasteiger partial charge in [0.1, 0.15) is 6.04 Å². The van der Waals surface area contributed by atoms with E-state index in [2.05, 4.69) is 5.32 Å². The molecule has 0 heterocycles. The molecule has 0 aliphatic heterocycles. The predicted octanol–water partition coefficient (Wildman–Crippen LogP) is 2.15. The Balaban J connectivity index is 1.64. The van der Waals surface area contributed by atoms with Crippen molar-refractivity contribution in [1.29, 1.82) is 0 Å². The van der Waals surface area contributed by atoms with Crippen molar-refractivity contribution < 1.29 is 9.53 Å². The second-order valence-corrected chi connectivity index (χ2v) is 5.31. The molecule has 1 aliphatic carbocycles. The summed E-state index contributed by atoms with van der Waals surface area (Å²) >= 11 is 0. The van der Waals surface area contributed by atoms with Gasteiger partial charge in [-0.3, -0.25) is 4.79 Å². The third kappa shape index (κ3) is 4.62. The molecular formula is C16H24N2O2. The van der Waals surface area contributed by atoms with Crippen LogP contribution in [0.2, 0.25) is 0 Å².